The van der Waals surface area contributed by atoms with Crippen molar-refractivity contribution in [1.29, 1.82) is 0 Å². The minimum absolute atomic E-state index is 0.104. The highest BCUT2D eigenvalue weighted by atomic mass is 16.5. The summed E-state index contributed by atoms with van der Waals surface area (Å²) < 4.78 is 4.99. The average Bonchev–Trinajstić information content (AvgIpc) is 2.16. The molecular weight excluding hydrogens is 204 g/mol. The van der Waals surface area contributed by atoms with Crippen LogP contribution in [0.3, 0.4) is 0 Å². The normalized spacial score (nSPS) is 11.8. The molecule has 0 fully saturated rings. The third-order valence-corrected chi connectivity index (χ3v) is 2.12. The predicted octanol–water partition coefficient (Wildman–Crippen LogP) is 1.33. The molecule has 0 spiro atoms. The number of anilines is 1. The van der Waals surface area contributed by atoms with E-state index in [1.54, 1.807) is 7.11 Å². The highest BCUT2D eigenvalue weighted by Gasteiger charge is 2.19. The Balaban J connectivity index is 2.82. The van der Waals surface area contributed by atoms with E-state index in [0.717, 1.165) is 24.5 Å². The van der Waals surface area contributed by atoms with Crippen LogP contribution in [0.25, 0.3) is 0 Å². The Morgan fingerprint density at radius 3 is 2.44 bits per heavy atom. The van der Waals surface area contributed by atoms with Crippen molar-refractivity contribution in [3.63, 3.8) is 0 Å². The van der Waals surface area contributed by atoms with Gasteiger partial charge in [0.15, 0.2) is 0 Å². The quantitative estimate of drug-likeness (QED) is 0.781. The molecule has 16 heavy (non-hydrogen) atoms. The Morgan fingerprint density at radius 1 is 1.19 bits per heavy atom. The summed E-state index contributed by atoms with van der Waals surface area (Å²) in [4.78, 5) is 12.7. The maximum absolute atomic E-state index is 5.67. The molecule has 0 unspecified atom stereocenters. The first-order valence-electron chi connectivity index (χ1n) is 5.43. The van der Waals surface area contributed by atoms with Gasteiger partial charge in [-0.1, -0.05) is 20.8 Å². The van der Waals surface area contributed by atoms with Crippen LogP contribution in [0.15, 0.2) is 0 Å². The molecule has 0 amide bonds. The van der Waals surface area contributed by atoms with Gasteiger partial charge in [0, 0.05) is 25.6 Å². The molecule has 1 aromatic heterocycles. The van der Waals surface area contributed by atoms with E-state index in [-0.39, 0.29) is 5.41 Å². The molecule has 1 aromatic rings. The number of nitrogens with zero attached hydrogens (tertiary/aromatic N) is 3. The second kappa shape index (κ2) is 5.21. The summed E-state index contributed by atoms with van der Waals surface area (Å²) in [6.07, 6.45) is 1.66. The number of ether oxygens (including phenoxy) is 1. The van der Waals surface area contributed by atoms with E-state index in [2.05, 4.69) is 35.7 Å². The van der Waals surface area contributed by atoms with Gasteiger partial charge in [-0.25, -0.2) is 4.98 Å². The van der Waals surface area contributed by atoms with E-state index in [1.165, 1.54) is 0 Å². The van der Waals surface area contributed by atoms with Crippen LogP contribution in [0.1, 0.15) is 38.8 Å². The summed E-state index contributed by atoms with van der Waals surface area (Å²) in [7, 11) is 1.68. The lowest BCUT2D eigenvalue weighted by atomic mass is 9.96. The lowest BCUT2D eigenvalue weighted by molar-refractivity contribution is 0.194. The fraction of sp³-hybridized carbons (Fsp3) is 0.727. The van der Waals surface area contributed by atoms with Gasteiger partial charge in [0.1, 0.15) is 11.6 Å². The van der Waals surface area contributed by atoms with E-state index in [1.807, 2.05) is 0 Å². The van der Waals surface area contributed by atoms with Crippen molar-refractivity contribution < 1.29 is 4.74 Å². The van der Waals surface area contributed by atoms with E-state index >= 15 is 0 Å². The molecule has 0 saturated heterocycles. The Bertz CT molecular complexity index is 346. The number of hydrogen-bond acceptors (Lipinski definition) is 5. The number of nitrogens with two attached hydrogens (primary N) is 1. The average molecular weight is 224 g/mol. The van der Waals surface area contributed by atoms with E-state index in [0.29, 0.717) is 12.6 Å². The van der Waals surface area contributed by atoms with Gasteiger partial charge < -0.3 is 10.5 Å². The highest BCUT2D eigenvalue weighted by molar-refractivity contribution is 5.18. The zero-order valence-electron chi connectivity index (χ0n) is 10.4. The van der Waals surface area contributed by atoms with Crippen molar-refractivity contribution in [3.05, 3.63) is 11.6 Å². The molecule has 0 bridgehead atoms. The second-order valence-corrected chi connectivity index (χ2v) is 4.78. The largest absolute Gasteiger partial charge is 0.385 e. The summed E-state index contributed by atoms with van der Waals surface area (Å²) >= 11 is 0. The maximum Gasteiger partial charge on any atom is 0.223 e. The lowest BCUT2D eigenvalue weighted by Gasteiger charge is -2.17. The van der Waals surface area contributed by atoms with Gasteiger partial charge in [0.25, 0.3) is 0 Å². The Hall–Kier alpha value is -1.23. The molecule has 0 aliphatic rings. The minimum atomic E-state index is -0.104. The molecule has 0 aliphatic carbocycles. The first kappa shape index (κ1) is 12.8. The second-order valence-electron chi connectivity index (χ2n) is 4.78. The van der Waals surface area contributed by atoms with Gasteiger partial charge in [-0.3, -0.25) is 0 Å². The van der Waals surface area contributed by atoms with Crippen molar-refractivity contribution in [3.8, 4) is 0 Å². The summed E-state index contributed by atoms with van der Waals surface area (Å²) in [5.74, 6) is 1.79. The van der Waals surface area contributed by atoms with Crippen molar-refractivity contribution in [2.45, 2.75) is 39.0 Å². The molecule has 2 N–H and O–H groups in total. The van der Waals surface area contributed by atoms with Gasteiger partial charge in [-0.05, 0) is 6.42 Å². The Kier molecular flexibility index (Phi) is 4.18. The zero-order valence-corrected chi connectivity index (χ0v) is 10.4. The van der Waals surface area contributed by atoms with Gasteiger partial charge in [0.05, 0.1) is 0 Å². The van der Waals surface area contributed by atoms with Crippen LogP contribution in [0.4, 0.5) is 5.95 Å². The summed E-state index contributed by atoms with van der Waals surface area (Å²) in [6, 6.07) is 0. The minimum Gasteiger partial charge on any atom is -0.385 e. The first-order valence-corrected chi connectivity index (χ1v) is 5.43. The number of aryl methyl sites for hydroxylation is 1. The van der Waals surface area contributed by atoms with Crippen LogP contribution in [0, 0.1) is 0 Å². The van der Waals surface area contributed by atoms with Crippen LogP contribution < -0.4 is 5.73 Å². The maximum atomic E-state index is 5.67. The van der Waals surface area contributed by atoms with Gasteiger partial charge in [0.2, 0.25) is 5.95 Å². The zero-order chi connectivity index (χ0) is 12.2. The molecule has 0 aromatic carbocycles. The van der Waals surface area contributed by atoms with Crippen LogP contribution >= 0.6 is 0 Å². The molecule has 0 atom stereocenters. The summed E-state index contributed by atoms with van der Waals surface area (Å²) in [6.45, 7) is 6.87. The number of methoxy groups -OCH3 is 1. The van der Waals surface area contributed by atoms with Crippen LogP contribution in [0.2, 0.25) is 0 Å². The molecule has 0 radical (unpaired) electrons. The topological polar surface area (TPSA) is 73.9 Å². The molecule has 1 rings (SSSR count). The monoisotopic (exact) mass is 224 g/mol. The Morgan fingerprint density at radius 2 is 1.88 bits per heavy atom. The molecule has 5 heteroatoms. The molecular formula is C11H20N4O. The number of nitrogen functional groups attached to an aromatic ring is 1. The van der Waals surface area contributed by atoms with Crippen molar-refractivity contribution in [1.82, 2.24) is 15.0 Å². The molecule has 0 saturated carbocycles. The van der Waals surface area contributed by atoms with Crippen LogP contribution in [-0.2, 0) is 16.6 Å². The van der Waals surface area contributed by atoms with Gasteiger partial charge in [-0.2, -0.15) is 9.97 Å². The third kappa shape index (κ3) is 3.73. The fourth-order valence-corrected chi connectivity index (χ4v) is 1.26. The molecule has 90 valence electrons. The lowest BCUT2D eigenvalue weighted by Crippen LogP contribution is -2.19. The third-order valence-electron chi connectivity index (χ3n) is 2.12. The fourth-order valence-electron chi connectivity index (χ4n) is 1.26. The van der Waals surface area contributed by atoms with E-state index < -0.39 is 0 Å². The van der Waals surface area contributed by atoms with Crippen molar-refractivity contribution >= 4 is 5.95 Å². The number of rotatable bonds is 4. The molecule has 5 nitrogen and oxygen atoms in total. The Labute approximate surface area is 96.5 Å². The highest BCUT2D eigenvalue weighted by Crippen LogP contribution is 2.18. The first-order chi connectivity index (χ1) is 7.43. The van der Waals surface area contributed by atoms with E-state index in [9.17, 15) is 0 Å². The predicted molar refractivity (Wildman–Crippen MR) is 63.1 cm³/mol. The van der Waals surface area contributed by atoms with Gasteiger partial charge in [-0.15, -0.1) is 0 Å². The standard InChI is InChI=1S/C11H20N4O/c1-11(2,3)9-13-8(6-5-7-16-4)14-10(12)15-9/h5-7H2,1-4H3,(H2,12,13,14,15). The van der Waals surface area contributed by atoms with E-state index in [4.69, 9.17) is 10.5 Å². The summed E-state index contributed by atoms with van der Waals surface area (Å²) in [5, 5.41) is 0. The number of hydrogen-bond donors (Lipinski definition) is 1. The van der Waals surface area contributed by atoms with Crippen LogP contribution in [-0.4, -0.2) is 28.7 Å². The molecule has 1 heterocycles. The van der Waals surface area contributed by atoms with Crippen LogP contribution in [0.5, 0.6) is 0 Å². The SMILES string of the molecule is COCCCc1nc(N)nc(C(C)(C)C)n1. The van der Waals surface area contributed by atoms with Gasteiger partial charge >= 0.3 is 0 Å². The van der Waals surface area contributed by atoms with Crippen molar-refractivity contribution in [2.75, 3.05) is 19.5 Å². The summed E-state index contributed by atoms with van der Waals surface area (Å²) in [5.41, 5.74) is 5.56. The molecule has 0 aliphatic heterocycles. The number of aromatic nitrogens is 3. The smallest absolute Gasteiger partial charge is 0.223 e. The van der Waals surface area contributed by atoms with Crippen molar-refractivity contribution in [2.24, 2.45) is 0 Å².